The molecule has 1 atom stereocenters. The van der Waals surface area contributed by atoms with Crippen molar-refractivity contribution in [3.63, 3.8) is 0 Å². The Balaban J connectivity index is 1.91. The normalized spacial score (nSPS) is 16.4. The molecule has 1 aromatic carbocycles. The van der Waals surface area contributed by atoms with Crippen molar-refractivity contribution in [1.82, 2.24) is 18.7 Å². The number of anilines is 2. The Morgan fingerprint density at radius 2 is 1.93 bits per heavy atom. The Hall–Kier alpha value is -2.94. The highest BCUT2D eigenvalue weighted by Crippen LogP contribution is 2.32. The van der Waals surface area contributed by atoms with Gasteiger partial charge in [0, 0.05) is 32.4 Å². The number of ether oxygens (including phenoxy) is 1. The molecule has 154 valence electrons. The molecule has 0 fully saturated rings. The Morgan fingerprint density at radius 1 is 1.21 bits per heavy atom. The molecule has 0 unspecified atom stereocenters. The molecule has 0 bridgehead atoms. The van der Waals surface area contributed by atoms with Gasteiger partial charge in [0.05, 0.1) is 13.2 Å². The molecule has 3 aromatic rings. The van der Waals surface area contributed by atoms with E-state index in [-0.39, 0.29) is 30.4 Å². The van der Waals surface area contributed by atoms with Gasteiger partial charge in [-0.05, 0) is 37.1 Å². The van der Waals surface area contributed by atoms with Crippen LogP contribution >= 0.6 is 0 Å². The average Bonchev–Trinajstić information content (AvgIpc) is 3.08. The maximum absolute atomic E-state index is 13.4. The average molecular weight is 401 g/mol. The number of nitrogens with zero attached hydrogens (tertiary/aromatic N) is 5. The molecule has 29 heavy (non-hydrogen) atoms. The van der Waals surface area contributed by atoms with E-state index in [0.717, 1.165) is 5.69 Å². The van der Waals surface area contributed by atoms with E-state index in [2.05, 4.69) is 11.9 Å². The zero-order chi connectivity index (χ0) is 20.7. The molecule has 0 spiro atoms. The van der Waals surface area contributed by atoms with Crippen molar-refractivity contribution in [2.24, 2.45) is 13.0 Å². The van der Waals surface area contributed by atoms with Crippen LogP contribution in [0.2, 0.25) is 0 Å². The number of imidazole rings is 1. The highest BCUT2D eigenvalue weighted by atomic mass is 19.1. The molecule has 0 aliphatic carbocycles. The van der Waals surface area contributed by atoms with E-state index < -0.39 is 5.69 Å². The summed E-state index contributed by atoms with van der Waals surface area (Å²) in [7, 11) is 1.62. The van der Waals surface area contributed by atoms with Crippen LogP contribution in [0.25, 0.3) is 11.2 Å². The molecule has 0 saturated heterocycles. The molecule has 0 amide bonds. The van der Waals surface area contributed by atoms with Gasteiger partial charge >= 0.3 is 5.69 Å². The van der Waals surface area contributed by atoms with E-state index >= 15 is 0 Å². The maximum atomic E-state index is 13.4. The van der Waals surface area contributed by atoms with Gasteiger partial charge in [0.15, 0.2) is 11.2 Å². The van der Waals surface area contributed by atoms with Crippen molar-refractivity contribution in [3.8, 4) is 0 Å². The lowest BCUT2D eigenvalue weighted by Gasteiger charge is -2.32. The van der Waals surface area contributed by atoms with Crippen molar-refractivity contribution in [1.29, 1.82) is 0 Å². The highest BCUT2D eigenvalue weighted by Gasteiger charge is 2.29. The third kappa shape index (κ3) is 3.25. The van der Waals surface area contributed by atoms with Gasteiger partial charge in [0.25, 0.3) is 5.56 Å². The van der Waals surface area contributed by atoms with E-state index in [1.165, 1.54) is 21.3 Å². The number of aryl methyl sites for hydroxylation is 1. The summed E-state index contributed by atoms with van der Waals surface area (Å²) in [5, 5.41) is 0. The van der Waals surface area contributed by atoms with Gasteiger partial charge in [-0.3, -0.25) is 13.9 Å². The summed E-state index contributed by atoms with van der Waals surface area (Å²) >= 11 is 0. The quantitative estimate of drug-likeness (QED) is 0.610. The van der Waals surface area contributed by atoms with E-state index in [1.807, 2.05) is 16.4 Å². The third-order valence-corrected chi connectivity index (χ3v) is 5.24. The minimum Gasteiger partial charge on any atom is -0.380 e. The fourth-order valence-electron chi connectivity index (χ4n) is 3.84. The monoisotopic (exact) mass is 401 g/mol. The Kier molecular flexibility index (Phi) is 4.99. The predicted molar refractivity (Wildman–Crippen MR) is 108 cm³/mol. The van der Waals surface area contributed by atoms with Gasteiger partial charge in [-0.25, -0.2) is 9.18 Å². The van der Waals surface area contributed by atoms with Crippen LogP contribution in [0.3, 0.4) is 0 Å². The van der Waals surface area contributed by atoms with E-state index in [1.54, 1.807) is 19.2 Å². The smallest absolute Gasteiger partial charge is 0.332 e. The standard InChI is InChI=1S/C20H24FN5O3/c1-4-29-10-9-24-18(27)16-17(23(3)20(24)28)22-19-25(11-13(2)12-26(16)19)15-7-5-14(21)6-8-15/h5-8,13H,4,9-12H2,1-3H3/t13-/m1/s1. The van der Waals surface area contributed by atoms with E-state index in [0.29, 0.717) is 36.8 Å². The summed E-state index contributed by atoms with van der Waals surface area (Å²) in [5.74, 6) is 0.504. The lowest BCUT2D eigenvalue weighted by atomic mass is 10.1. The van der Waals surface area contributed by atoms with Crippen molar-refractivity contribution < 1.29 is 9.13 Å². The number of hydrogen-bond acceptors (Lipinski definition) is 5. The largest absolute Gasteiger partial charge is 0.380 e. The zero-order valence-corrected chi connectivity index (χ0v) is 16.8. The summed E-state index contributed by atoms with van der Waals surface area (Å²) in [6, 6.07) is 6.18. The van der Waals surface area contributed by atoms with Crippen molar-refractivity contribution >= 4 is 22.8 Å². The van der Waals surface area contributed by atoms with E-state index in [9.17, 15) is 14.0 Å². The van der Waals surface area contributed by atoms with Gasteiger partial charge in [-0.1, -0.05) is 6.92 Å². The van der Waals surface area contributed by atoms with Crippen LogP contribution in [0.4, 0.5) is 16.0 Å². The Labute approximate surface area is 166 Å². The van der Waals surface area contributed by atoms with Gasteiger partial charge in [-0.2, -0.15) is 4.98 Å². The van der Waals surface area contributed by atoms with Gasteiger partial charge in [0.2, 0.25) is 5.95 Å². The second-order valence-electron chi connectivity index (χ2n) is 7.38. The first-order valence-electron chi connectivity index (χ1n) is 9.73. The van der Waals surface area contributed by atoms with Crippen LogP contribution in [-0.2, 0) is 24.9 Å². The highest BCUT2D eigenvalue weighted by molar-refractivity contribution is 5.77. The van der Waals surface area contributed by atoms with Gasteiger partial charge < -0.3 is 14.2 Å². The van der Waals surface area contributed by atoms with E-state index in [4.69, 9.17) is 4.74 Å². The fourth-order valence-corrected chi connectivity index (χ4v) is 3.84. The number of halogens is 1. The first kappa shape index (κ1) is 19.4. The van der Waals surface area contributed by atoms with Crippen LogP contribution in [0.1, 0.15) is 13.8 Å². The van der Waals surface area contributed by atoms with Crippen LogP contribution in [-0.4, -0.2) is 38.4 Å². The van der Waals surface area contributed by atoms with Gasteiger partial charge in [-0.15, -0.1) is 0 Å². The van der Waals surface area contributed by atoms with Crippen LogP contribution in [0.15, 0.2) is 33.9 Å². The first-order chi connectivity index (χ1) is 13.9. The molecule has 0 N–H and O–H groups in total. The minimum absolute atomic E-state index is 0.188. The number of benzene rings is 1. The van der Waals surface area contributed by atoms with Crippen LogP contribution < -0.4 is 16.1 Å². The summed E-state index contributed by atoms with van der Waals surface area (Å²) in [4.78, 5) is 32.5. The topological polar surface area (TPSA) is 74.3 Å². The molecular weight excluding hydrogens is 377 g/mol. The second kappa shape index (κ2) is 7.47. The zero-order valence-electron chi connectivity index (χ0n) is 16.8. The molecule has 3 heterocycles. The van der Waals surface area contributed by atoms with Crippen molar-refractivity contribution in [2.45, 2.75) is 26.9 Å². The minimum atomic E-state index is -0.418. The molecule has 8 nitrogen and oxygen atoms in total. The van der Waals surface area contributed by atoms with Crippen LogP contribution in [0, 0.1) is 11.7 Å². The number of aromatic nitrogens is 4. The Bertz CT molecular complexity index is 1160. The number of fused-ring (bicyclic) bond motifs is 3. The first-order valence-corrected chi connectivity index (χ1v) is 9.73. The lowest BCUT2D eigenvalue weighted by Crippen LogP contribution is -2.41. The summed E-state index contributed by atoms with van der Waals surface area (Å²) in [5.41, 5.74) is 0.756. The summed E-state index contributed by atoms with van der Waals surface area (Å²) in [6.07, 6.45) is 0. The summed E-state index contributed by atoms with van der Waals surface area (Å²) < 4.78 is 23.2. The van der Waals surface area contributed by atoms with Crippen molar-refractivity contribution in [3.05, 3.63) is 50.9 Å². The molecule has 0 radical (unpaired) electrons. The SMILES string of the molecule is CCOCCn1c(=O)c2c(nc3n2C[C@H](C)CN3c2ccc(F)cc2)n(C)c1=O. The fraction of sp³-hybridized carbons (Fsp3) is 0.450. The molecule has 4 rings (SSSR count). The second-order valence-corrected chi connectivity index (χ2v) is 7.38. The molecule has 2 aromatic heterocycles. The molecule has 1 aliphatic heterocycles. The lowest BCUT2D eigenvalue weighted by molar-refractivity contribution is 0.137. The molecule has 0 saturated carbocycles. The third-order valence-electron chi connectivity index (χ3n) is 5.24. The molecule has 1 aliphatic rings. The molecule has 9 heteroatoms. The van der Waals surface area contributed by atoms with Crippen molar-refractivity contribution in [2.75, 3.05) is 24.7 Å². The van der Waals surface area contributed by atoms with Gasteiger partial charge in [0.1, 0.15) is 5.82 Å². The predicted octanol–water partition coefficient (Wildman–Crippen LogP) is 1.86. The van der Waals surface area contributed by atoms with Crippen LogP contribution in [0.5, 0.6) is 0 Å². The molecular formula is C20H24FN5O3. The summed E-state index contributed by atoms with van der Waals surface area (Å²) in [6.45, 7) is 6.24. The Morgan fingerprint density at radius 3 is 2.62 bits per heavy atom. The number of rotatable bonds is 5. The number of hydrogen-bond donors (Lipinski definition) is 0. The maximum Gasteiger partial charge on any atom is 0.332 e.